The van der Waals surface area contributed by atoms with Crippen LogP contribution < -0.4 is 4.74 Å². The third-order valence-corrected chi connectivity index (χ3v) is 11.8. The minimum absolute atomic E-state index is 0.727. The zero-order valence-corrected chi connectivity index (χ0v) is 33.7. The molecule has 0 aliphatic rings. The van der Waals surface area contributed by atoms with Gasteiger partial charge in [-0.25, -0.2) is 0 Å². The van der Waals surface area contributed by atoms with Crippen molar-refractivity contribution in [2.75, 3.05) is 0 Å². The van der Waals surface area contributed by atoms with Gasteiger partial charge in [-0.1, -0.05) is 12.1 Å². The van der Waals surface area contributed by atoms with Crippen LogP contribution in [0.15, 0.2) is 213 Å². The number of benzene rings is 7. The first-order chi connectivity index (χ1) is 29.7. The number of para-hydroxylation sites is 4. The zero-order valence-electron chi connectivity index (χ0n) is 32.2. The summed E-state index contributed by atoms with van der Waals surface area (Å²) in [4.78, 5) is 9.12. The van der Waals surface area contributed by atoms with Gasteiger partial charge in [0.2, 0.25) is 0 Å². The van der Waals surface area contributed by atoms with Crippen molar-refractivity contribution in [3.63, 3.8) is 0 Å². The molecule has 0 aliphatic carbocycles. The van der Waals surface area contributed by atoms with Gasteiger partial charge in [0, 0.05) is 24.2 Å². The summed E-state index contributed by atoms with van der Waals surface area (Å²) in [5.74, 6) is 2.29. The molecule has 288 valence electrons. The number of fused-ring (bicyclic) bond motifs is 4. The van der Waals surface area contributed by atoms with Crippen LogP contribution in [0.1, 0.15) is 0 Å². The van der Waals surface area contributed by atoms with Crippen molar-refractivity contribution in [1.29, 1.82) is 0 Å². The number of nitrogens with zero attached hydrogens (tertiary/aromatic N) is 5. The van der Waals surface area contributed by atoms with E-state index in [2.05, 4.69) is 207 Å². The molecule has 0 spiro atoms. The van der Waals surface area contributed by atoms with Crippen LogP contribution in [-0.4, -0.2) is 23.7 Å². The second-order valence-corrected chi connectivity index (χ2v) is 15.3. The third kappa shape index (κ3) is 6.20. The summed E-state index contributed by atoms with van der Waals surface area (Å²) in [6, 6.07) is 67.6. The molecule has 0 bridgehead atoms. The van der Waals surface area contributed by atoms with Gasteiger partial charge in [-0.2, -0.15) is 0 Å². The fraction of sp³-hybridized carbons (Fsp3) is 0. The van der Waals surface area contributed by atoms with Gasteiger partial charge in [-0.15, -0.1) is 0 Å². The van der Waals surface area contributed by atoms with Crippen LogP contribution in [0.25, 0.3) is 83.4 Å². The Hall–Kier alpha value is -7.43. The second kappa shape index (κ2) is 15.1. The number of hydrogen-bond donors (Lipinski definition) is 0. The molecular formula is C53H35N5OPd. The van der Waals surface area contributed by atoms with Crippen LogP contribution in [0.3, 0.4) is 0 Å². The molecule has 7 heteroatoms. The second-order valence-electron chi connectivity index (χ2n) is 14.6. The molecule has 0 saturated heterocycles. The molecule has 6 nitrogen and oxygen atoms in total. The first kappa shape index (κ1) is 35.7. The van der Waals surface area contributed by atoms with Crippen LogP contribution in [0, 0.1) is 3.89 Å². The van der Waals surface area contributed by atoms with Crippen molar-refractivity contribution in [3.05, 3.63) is 217 Å². The molecule has 60 heavy (non-hydrogen) atoms. The van der Waals surface area contributed by atoms with E-state index in [9.17, 15) is 0 Å². The number of pyridine rings is 2. The Labute approximate surface area is 356 Å². The molecule has 4 aromatic heterocycles. The molecular weight excluding hydrogens is 829 g/mol. The number of hydrogen-bond acceptors (Lipinski definition) is 3. The monoisotopic (exact) mass is 863 g/mol. The third-order valence-electron chi connectivity index (χ3n) is 11.1. The summed E-state index contributed by atoms with van der Waals surface area (Å²) in [5, 5.41) is 2.29. The fourth-order valence-corrected chi connectivity index (χ4v) is 9.12. The quantitative estimate of drug-likeness (QED) is 0.143. The maximum atomic E-state index is 6.74. The standard InChI is InChI=1S/C53H35N5O.Pd/c1-3-13-38(14-4-1)44-20-12-21-45(39-15-5-2-6-16-39)53(44)57-36-56(49-23-9-10-24-50(49)57)41-17-11-18-42(33-41)59-43-26-27-47-46-19-7-8-22-48(46)58(51(47)34-43)52-28-25-40(35-55-52)37-29-31-54-32-30-37;/h1-35H;. The molecule has 0 radical (unpaired) electrons. The van der Waals surface area contributed by atoms with E-state index in [4.69, 9.17) is 9.72 Å². The first-order valence-corrected chi connectivity index (χ1v) is 20.6. The topological polar surface area (TPSA) is 49.8 Å². The van der Waals surface area contributed by atoms with E-state index in [0.29, 0.717) is 0 Å². The Bertz CT molecular complexity index is 3350. The summed E-state index contributed by atoms with van der Waals surface area (Å²) in [5.41, 5.74) is 13.0. The Morgan fingerprint density at radius 1 is 0.417 bits per heavy atom. The van der Waals surface area contributed by atoms with Gasteiger partial charge in [0.05, 0.1) is 0 Å². The minimum atomic E-state index is 0.727. The number of aromatic nitrogens is 5. The molecule has 11 aromatic rings. The molecule has 0 fully saturated rings. The molecule has 0 N–H and O–H groups in total. The van der Waals surface area contributed by atoms with Gasteiger partial charge in [0.15, 0.2) is 0 Å². The molecule has 4 heterocycles. The van der Waals surface area contributed by atoms with Crippen LogP contribution >= 0.6 is 0 Å². The molecule has 0 amide bonds. The van der Waals surface area contributed by atoms with E-state index < -0.39 is 0 Å². The van der Waals surface area contributed by atoms with Crippen LogP contribution in [0.5, 0.6) is 11.5 Å². The van der Waals surface area contributed by atoms with Crippen molar-refractivity contribution in [1.82, 2.24) is 23.7 Å². The van der Waals surface area contributed by atoms with Crippen LogP contribution in [0.2, 0.25) is 0 Å². The average Bonchev–Trinajstić information content (AvgIpc) is 3.80. The van der Waals surface area contributed by atoms with Gasteiger partial charge < -0.3 is 0 Å². The van der Waals surface area contributed by atoms with E-state index in [-0.39, 0.29) is 0 Å². The first-order valence-electron chi connectivity index (χ1n) is 19.8. The van der Waals surface area contributed by atoms with Crippen molar-refractivity contribution in [2.45, 2.75) is 0 Å². The van der Waals surface area contributed by atoms with Gasteiger partial charge in [-0.05, 0) is 23.8 Å². The summed E-state index contributed by atoms with van der Waals surface area (Å²) in [6.45, 7) is 0. The van der Waals surface area contributed by atoms with E-state index in [0.717, 1.165) is 98.8 Å². The average molecular weight is 864 g/mol. The Morgan fingerprint density at radius 3 is 1.73 bits per heavy atom. The van der Waals surface area contributed by atoms with E-state index in [1.807, 2.05) is 30.5 Å². The van der Waals surface area contributed by atoms with E-state index >= 15 is 0 Å². The van der Waals surface area contributed by atoms with E-state index in [1.54, 1.807) is 12.4 Å². The predicted octanol–water partition coefficient (Wildman–Crippen LogP) is 13.2. The van der Waals surface area contributed by atoms with Gasteiger partial charge >= 0.3 is 294 Å². The number of imidazole rings is 1. The van der Waals surface area contributed by atoms with Crippen LogP contribution in [0.4, 0.5) is 0 Å². The van der Waals surface area contributed by atoms with Gasteiger partial charge in [-0.3, -0.25) is 4.98 Å². The predicted molar refractivity (Wildman–Crippen MR) is 239 cm³/mol. The Kier molecular flexibility index (Phi) is 8.97. The Morgan fingerprint density at radius 2 is 1.03 bits per heavy atom. The van der Waals surface area contributed by atoms with Crippen molar-refractivity contribution < 1.29 is 23.5 Å². The zero-order chi connectivity index (χ0) is 40.0. The number of ether oxygens (including phenoxy) is 1. The summed E-state index contributed by atoms with van der Waals surface area (Å²) in [7, 11) is 0. The van der Waals surface area contributed by atoms with Crippen LogP contribution in [-0.2, 0) is 18.7 Å². The van der Waals surface area contributed by atoms with Crippen molar-refractivity contribution in [2.24, 2.45) is 0 Å². The van der Waals surface area contributed by atoms with Gasteiger partial charge in [0.1, 0.15) is 0 Å². The SMILES string of the molecule is [Pd]=[c]1n(-c2cccc(Oc3ccc4c5ccccc5n(-c5ccc(-c6ccncc6)cn5)c4c3)c2)c2ccccc2n1-c1c(-c2ccccc2)cccc1-c1ccccc1. The van der Waals surface area contributed by atoms with Crippen molar-refractivity contribution >= 4 is 32.8 Å². The van der Waals surface area contributed by atoms with Gasteiger partial charge in [0.25, 0.3) is 0 Å². The molecule has 7 aromatic carbocycles. The molecule has 0 saturated carbocycles. The normalized spacial score (nSPS) is 11.4. The molecule has 0 unspecified atom stereocenters. The maximum absolute atomic E-state index is 6.74. The Balaban J connectivity index is 1.02. The number of rotatable bonds is 8. The summed E-state index contributed by atoms with van der Waals surface area (Å²) in [6.07, 6.45) is 5.53. The van der Waals surface area contributed by atoms with Crippen molar-refractivity contribution in [3.8, 4) is 62.1 Å². The summed E-state index contributed by atoms with van der Waals surface area (Å²) >= 11 is 3.75. The fourth-order valence-electron chi connectivity index (χ4n) is 8.37. The molecule has 0 aliphatic heterocycles. The molecule has 0 atom stereocenters. The van der Waals surface area contributed by atoms with E-state index in [1.165, 1.54) is 0 Å². The summed E-state index contributed by atoms with van der Waals surface area (Å²) < 4.78 is 14.5. The molecule has 11 rings (SSSR count).